The number of anilines is 2. The molecule has 2 N–H and O–H groups in total. The smallest absolute Gasteiger partial charge is 0.381 e. The van der Waals surface area contributed by atoms with E-state index in [4.69, 9.17) is 0 Å². The van der Waals surface area contributed by atoms with Crippen LogP contribution in [-0.4, -0.2) is 6.04 Å². The predicted octanol–water partition coefficient (Wildman–Crippen LogP) is 4.14. The monoisotopic (exact) mass is 256 g/mol. The fourth-order valence-electron chi connectivity index (χ4n) is 2.16. The van der Waals surface area contributed by atoms with Crippen molar-refractivity contribution in [2.75, 3.05) is 10.6 Å². The molecule has 1 heterocycles. The van der Waals surface area contributed by atoms with E-state index < -0.39 is 11.7 Å². The van der Waals surface area contributed by atoms with Crippen LogP contribution in [-0.2, 0) is 6.18 Å². The zero-order valence-electron chi connectivity index (χ0n) is 10.3. The zero-order valence-corrected chi connectivity index (χ0v) is 10.3. The third-order valence-corrected chi connectivity index (χ3v) is 2.94. The average molecular weight is 256 g/mol. The number of benzene rings is 1. The van der Waals surface area contributed by atoms with Gasteiger partial charge in [0, 0.05) is 18.2 Å². The molecule has 0 radical (unpaired) electrons. The fourth-order valence-corrected chi connectivity index (χ4v) is 2.16. The van der Waals surface area contributed by atoms with Crippen molar-refractivity contribution in [3.05, 3.63) is 35.5 Å². The van der Waals surface area contributed by atoms with Gasteiger partial charge in [0.2, 0.25) is 0 Å². The number of rotatable bonds is 0. The van der Waals surface area contributed by atoms with Crippen molar-refractivity contribution >= 4 is 11.4 Å². The van der Waals surface area contributed by atoms with E-state index >= 15 is 0 Å². The molecular formula is C13H15F3N2. The Morgan fingerprint density at radius 2 is 1.94 bits per heavy atom. The Bertz CT molecular complexity index is 492. The van der Waals surface area contributed by atoms with Crippen molar-refractivity contribution < 1.29 is 13.2 Å². The van der Waals surface area contributed by atoms with Crippen LogP contribution in [0.4, 0.5) is 24.5 Å². The van der Waals surface area contributed by atoms with Crippen molar-refractivity contribution in [3.63, 3.8) is 0 Å². The van der Waals surface area contributed by atoms with Gasteiger partial charge in [-0.25, -0.2) is 0 Å². The minimum absolute atomic E-state index is 0.141. The van der Waals surface area contributed by atoms with E-state index in [0.29, 0.717) is 23.5 Å². The Labute approximate surface area is 104 Å². The van der Waals surface area contributed by atoms with Crippen molar-refractivity contribution in [3.8, 4) is 0 Å². The molecular weight excluding hydrogens is 241 g/mol. The normalized spacial score (nSPS) is 19.6. The molecule has 0 fully saturated rings. The maximum atomic E-state index is 12.8. The highest BCUT2D eigenvalue weighted by atomic mass is 19.4. The molecule has 0 bridgehead atoms. The number of nitrogens with one attached hydrogen (secondary N) is 2. The summed E-state index contributed by atoms with van der Waals surface area (Å²) in [6, 6.07) is 2.81. The van der Waals surface area contributed by atoms with Gasteiger partial charge in [-0.3, -0.25) is 0 Å². The van der Waals surface area contributed by atoms with E-state index in [1.807, 2.05) is 6.92 Å². The Hall–Kier alpha value is -1.65. The summed E-state index contributed by atoms with van der Waals surface area (Å²) in [5.41, 5.74) is 1.44. The van der Waals surface area contributed by atoms with Crippen molar-refractivity contribution in [1.82, 2.24) is 0 Å². The van der Waals surface area contributed by atoms with Gasteiger partial charge in [-0.15, -0.1) is 0 Å². The van der Waals surface area contributed by atoms with Crippen LogP contribution in [0.2, 0.25) is 0 Å². The molecule has 5 heteroatoms. The summed E-state index contributed by atoms with van der Waals surface area (Å²) >= 11 is 0. The molecule has 1 atom stereocenters. The molecule has 18 heavy (non-hydrogen) atoms. The molecule has 2 rings (SSSR count). The molecule has 1 unspecified atom stereocenters. The van der Waals surface area contributed by atoms with Gasteiger partial charge in [-0.1, -0.05) is 6.58 Å². The van der Waals surface area contributed by atoms with E-state index in [1.165, 1.54) is 13.0 Å². The van der Waals surface area contributed by atoms with Gasteiger partial charge in [0.15, 0.2) is 0 Å². The Morgan fingerprint density at radius 1 is 1.28 bits per heavy atom. The highest BCUT2D eigenvalue weighted by molar-refractivity contribution is 5.74. The molecule has 1 aromatic carbocycles. The number of fused-ring (bicyclic) bond motifs is 1. The van der Waals surface area contributed by atoms with Crippen LogP contribution >= 0.6 is 0 Å². The van der Waals surface area contributed by atoms with Crippen LogP contribution in [0.25, 0.3) is 0 Å². The van der Waals surface area contributed by atoms with Gasteiger partial charge in [0.1, 0.15) is 0 Å². The molecule has 0 aliphatic carbocycles. The van der Waals surface area contributed by atoms with E-state index in [1.54, 1.807) is 0 Å². The van der Waals surface area contributed by atoms with Crippen LogP contribution in [0.3, 0.4) is 0 Å². The van der Waals surface area contributed by atoms with Gasteiger partial charge >= 0.3 is 6.18 Å². The van der Waals surface area contributed by atoms with Crippen LogP contribution in [0.5, 0.6) is 0 Å². The maximum Gasteiger partial charge on any atom is 0.416 e. The molecule has 1 aliphatic rings. The van der Waals surface area contributed by atoms with Gasteiger partial charge in [0.25, 0.3) is 0 Å². The Morgan fingerprint density at radius 3 is 2.56 bits per heavy atom. The maximum absolute atomic E-state index is 12.8. The molecule has 0 spiro atoms. The van der Waals surface area contributed by atoms with Gasteiger partial charge in [0.05, 0.1) is 16.9 Å². The van der Waals surface area contributed by atoms with Gasteiger partial charge < -0.3 is 10.6 Å². The number of hydrogen-bond acceptors (Lipinski definition) is 2. The number of halogens is 3. The summed E-state index contributed by atoms with van der Waals surface area (Å²) in [6.07, 6.45) is -3.66. The third-order valence-electron chi connectivity index (χ3n) is 2.94. The highest BCUT2D eigenvalue weighted by Gasteiger charge is 2.33. The van der Waals surface area contributed by atoms with Gasteiger partial charge in [-0.05, 0) is 31.5 Å². The second-order valence-corrected chi connectivity index (χ2v) is 4.69. The van der Waals surface area contributed by atoms with Gasteiger partial charge in [-0.2, -0.15) is 13.2 Å². The highest BCUT2D eigenvalue weighted by Crippen LogP contribution is 2.38. The van der Waals surface area contributed by atoms with Crippen LogP contribution in [0.15, 0.2) is 24.4 Å². The topological polar surface area (TPSA) is 24.1 Å². The summed E-state index contributed by atoms with van der Waals surface area (Å²) in [5, 5.41) is 6.12. The first-order valence-corrected chi connectivity index (χ1v) is 5.70. The van der Waals surface area contributed by atoms with E-state index in [9.17, 15) is 13.2 Å². The lowest BCUT2D eigenvalue weighted by Crippen LogP contribution is -2.14. The molecule has 98 valence electrons. The Kier molecular flexibility index (Phi) is 3.00. The summed E-state index contributed by atoms with van der Waals surface area (Å²) in [7, 11) is 0. The molecule has 0 amide bonds. The lowest BCUT2D eigenvalue weighted by Gasteiger charge is -2.16. The molecule has 1 aliphatic heterocycles. The van der Waals surface area contributed by atoms with E-state index in [2.05, 4.69) is 17.2 Å². The first kappa shape index (κ1) is 12.8. The van der Waals surface area contributed by atoms with E-state index in [-0.39, 0.29) is 11.6 Å². The third kappa shape index (κ3) is 2.44. The second-order valence-electron chi connectivity index (χ2n) is 4.69. The number of alkyl halides is 3. The molecule has 1 aromatic rings. The van der Waals surface area contributed by atoms with E-state index in [0.717, 1.165) is 6.07 Å². The van der Waals surface area contributed by atoms with Crippen LogP contribution in [0, 0.1) is 6.92 Å². The Balaban J connectivity index is 2.51. The molecule has 2 nitrogen and oxygen atoms in total. The largest absolute Gasteiger partial charge is 0.416 e. The summed E-state index contributed by atoms with van der Waals surface area (Å²) < 4.78 is 38.5. The first-order chi connectivity index (χ1) is 8.27. The summed E-state index contributed by atoms with van der Waals surface area (Å²) in [5.74, 6) is 0. The zero-order chi connectivity index (χ0) is 13.5. The first-order valence-electron chi connectivity index (χ1n) is 5.70. The molecule has 0 aromatic heterocycles. The van der Waals surface area contributed by atoms with Crippen LogP contribution in [0.1, 0.15) is 24.5 Å². The fraction of sp³-hybridized carbons (Fsp3) is 0.385. The van der Waals surface area contributed by atoms with Crippen molar-refractivity contribution in [2.24, 2.45) is 0 Å². The predicted molar refractivity (Wildman–Crippen MR) is 66.6 cm³/mol. The standard InChI is InChI=1S/C13H15F3N2/c1-7-4-11-12(6-10(7)13(14,15)16)18-9(3)5-8(2)17-11/h4,6,8,17-18H,3,5H2,1-2H3. The van der Waals surface area contributed by atoms with Crippen molar-refractivity contribution in [1.29, 1.82) is 0 Å². The summed E-state index contributed by atoms with van der Waals surface area (Å²) in [4.78, 5) is 0. The summed E-state index contributed by atoms with van der Waals surface area (Å²) in [6.45, 7) is 7.24. The number of aryl methyl sites for hydroxylation is 1. The minimum atomic E-state index is -4.33. The second kappa shape index (κ2) is 4.23. The molecule has 0 saturated heterocycles. The SMILES string of the molecule is C=C1CC(C)Nc2cc(C)c(C(F)(F)F)cc2N1. The van der Waals surface area contributed by atoms with Crippen LogP contribution < -0.4 is 10.6 Å². The number of hydrogen-bond donors (Lipinski definition) is 2. The van der Waals surface area contributed by atoms with Crippen molar-refractivity contribution in [2.45, 2.75) is 32.5 Å². The average Bonchev–Trinajstić information content (AvgIpc) is 2.31. The lowest BCUT2D eigenvalue weighted by molar-refractivity contribution is -0.138. The minimum Gasteiger partial charge on any atom is -0.381 e. The quantitative estimate of drug-likeness (QED) is 0.728. The molecule has 0 saturated carbocycles. The lowest BCUT2D eigenvalue weighted by atomic mass is 10.1.